The monoisotopic (exact) mass is 443 g/mol. The third-order valence-electron chi connectivity index (χ3n) is 5.28. The van der Waals surface area contributed by atoms with Gasteiger partial charge in [-0.2, -0.15) is 0 Å². The first-order valence-corrected chi connectivity index (χ1v) is 12.0. The molecule has 1 saturated carbocycles. The highest BCUT2D eigenvalue weighted by molar-refractivity contribution is 7.90. The lowest BCUT2D eigenvalue weighted by Crippen LogP contribution is -2.37. The van der Waals surface area contributed by atoms with Gasteiger partial charge >= 0.3 is 5.97 Å². The number of benzene rings is 2. The van der Waals surface area contributed by atoms with Crippen LogP contribution in [0, 0.1) is 6.92 Å². The molecule has 0 aliphatic heterocycles. The first-order valence-electron chi connectivity index (χ1n) is 10.5. The van der Waals surface area contributed by atoms with E-state index in [1.807, 2.05) is 6.92 Å². The number of sulfonamides is 1. The Morgan fingerprint density at radius 2 is 1.65 bits per heavy atom. The van der Waals surface area contributed by atoms with E-state index in [2.05, 4.69) is 10.0 Å². The van der Waals surface area contributed by atoms with E-state index in [0.717, 1.165) is 44.1 Å². The number of anilines is 1. The van der Waals surface area contributed by atoms with Crippen LogP contribution in [0.1, 0.15) is 54.4 Å². The number of ether oxygens (including phenoxy) is 1. The maximum Gasteiger partial charge on any atom is 0.339 e. The molecule has 1 aliphatic rings. The third-order valence-corrected chi connectivity index (χ3v) is 6.64. The number of carbonyl (C=O) groups is 1. The minimum absolute atomic E-state index is 0.0102. The quantitative estimate of drug-likeness (QED) is 0.312. The molecular formula is C23H29N3O4S. The molecule has 2 aromatic rings. The largest absolute Gasteiger partial charge is 0.465 e. The van der Waals surface area contributed by atoms with Gasteiger partial charge in [0.2, 0.25) is 5.96 Å². The molecule has 0 saturated heterocycles. The molecule has 0 amide bonds. The van der Waals surface area contributed by atoms with Crippen LogP contribution in [0.25, 0.3) is 0 Å². The number of para-hydroxylation sites is 1. The van der Waals surface area contributed by atoms with Gasteiger partial charge in [-0.25, -0.2) is 22.9 Å². The van der Waals surface area contributed by atoms with Gasteiger partial charge in [0.05, 0.1) is 29.3 Å². The zero-order valence-electron chi connectivity index (χ0n) is 17.9. The van der Waals surface area contributed by atoms with Crippen molar-refractivity contribution in [1.29, 1.82) is 0 Å². The van der Waals surface area contributed by atoms with Crippen LogP contribution in [0.2, 0.25) is 0 Å². The van der Waals surface area contributed by atoms with Crippen molar-refractivity contribution in [1.82, 2.24) is 4.72 Å². The molecular weight excluding hydrogens is 414 g/mol. The molecule has 0 atom stereocenters. The highest BCUT2D eigenvalue weighted by Gasteiger charge is 2.20. The fourth-order valence-corrected chi connectivity index (χ4v) is 4.54. The zero-order chi connectivity index (χ0) is 22.3. The van der Waals surface area contributed by atoms with Gasteiger partial charge in [-0.15, -0.1) is 0 Å². The van der Waals surface area contributed by atoms with Crippen molar-refractivity contribution in [2.45, 2.75) is 56.4 Å². The molecule has 0 unspecified atom stereocenters. The Kier molecular flexibility index (Phi) is 7.68. The van der Waals surface area contributed by atoms with Crippen LogP contribution >= 0.6 is 0 Å². The van der Waals surface area contributed by atoms with E-state index in [1.165, 1.54) is 7.11 Å². The van der Waals surface area contributed by atoms with Gasteiger partial charge in [0.15, 0.2) is 0 Å². The van der Waals surface area contributed by atoms with E-state index in [-0.39, 0.29) is 16.9 Å². The van der Waals surface area contributed by atoms with Crippen molar-refractivity contribution < 1.29 is 17.9 Å². The molecule has 2 N–H and O–H groups in total. The summed E-state index contributed by atoms with van der Waals surface area (Å²) in [6.45, 7) is 1.90. The number of aliphatic imine (C=N–C) groups is 1. The molecule has 1 aliphatic carbocycles. The highest BCUT2D eigenvalue weighted by Crippen LogP contribution is 2.21. The second-order valence-electron chi connectivity index (χ2n) is 7.70. The van der Waals surface area contributed by atoms with Gasteiger partial charge in [0.1, 0.15) is 0 Å². The van der Waals surface area contributed by atoms with E-state index < -0.39 is 16.0 Å². The molecule has 7 nitrogen and oxygen atoms in total. The average molecular weight is 444 g/mol. The van der Waals surface area contributed by atoms with Crippen LogP contribution in [0.5, 0.6) is 0 Å². The summed E-state index contributed by atoms with van der Waals surface area (Å²) in [7, 11) is -2.55. The van der Waals surface area contributed by atoms with Crippen molar-refractivity contribution >= 4 is 27.6 Å². The second-order valence-corrected chi connectivity index (χ2v) is 9.39. The van der Waals surface area contributed by atoms with Crippen LogP contribution in [-0.2, 0) is 14.8 Å². The predicted octanol–water partition coefficient (Wildman–Crippen LogP) is 4.25. The molecule has 1 fully saturated rings. The summed E-state index contributed by atoms with van der Waals surface area (Å²) >= 11 is 0. The van der Waals surface area contributed by atoms with Crippen LogP contribution in [0.4, 0.5) is 5.69 Å². The molecule has 2 aromatic carbocycles. The summed E-state index contributed by atoms with van der Waals surface area (Å²) < 4.78 is 33.4. The van der Waals surface area contributed by atoms with Crippen molar-refractivity contribution in [3.05, 3.63) is 59.7 Å². The predicted molar refractivity (Wildman–Crippen MR) is 122 cm³/mol. The highest BCUT2D eigenvalue weighted by atomic mass is 32.2. The lowest BCUT2D eigenvalue weighted by Gasteiger charge is -2.18. The topological polar surface area (TPSA) is 96.9 Å². The van der Waals surface area contributed by atoms with Crippen molar-refractivity contribution in [3.8, 4) is 0 Å². The SMILES string of the molecule is COC(=O)c1ccccc1NC(=NC1CCCCCC1)NS(=O)(=O)c1ccc(C)cc1. The summed E-state index contributed by atoms with van der Waals surface area (Å²) in [5.41, 5.74) is 1.69. The van der Waals surface area contributed by atoms with Crippen molar-refractivity contribution in [2.24, 2.45) is 4.99 Å². The van der Waals surface area contributed by atoms with Crippen LogP contribution in [0.3, 0.4) is 0 Å². The number of carbonyl (C=O) groups excluding carboxylic acids is 1. The maximum atomic E-state index is 13.0. The van der Waals surface area contributed by atoms with Crippen molar-refractivity contribution in [3.63, 3.8) is 0 Å². The van der Waals surface area contributed by atoms with E-state index in [9.17, 15) is 13.2 Å². The zero-order valence-corrected chi connectivity index (χ0v) is 18.7. The fourth-order valence-electron chi connectivity index (χ4n) is 3.56. The Labute approximate surface area is 184 Å². The number of aryl methyl sites for hydroxylation is 1. The number of nitrogens with one attached hydrogen (secondary N) is 2. The first-order chi connectivity index (χ1) is 14.9. The van der Waals surface area contributed by atoms with E-state index in [0.29, 0.717) is 11.3 Å². The molecule has 0 aromatic heterocycles. The van der Waals surface area contributed by atoms with Crippen LogP contribution in [-0.4, -0.2) is 33.5 Å². The van der Waals surface area contributed by atoms with Gasteiger partial charge in [0, 0.05) is 0 Å². The standard InChI is InChI=1S/C23H29N3O4S/c1-17-13-15-19(16-14-17)31(28,29)26-23(24-18-9-5-3-4-6-10-18)25-21-12-8-7-11-20(21)22(27)30-2/h7-8,11-16,18H,3-6,9-10H2,1-2H3,(H2,24,25,26). The van der Waals surface area contributed by atoms with Gasteiger partial charge in [-0.3, -0.25) is 0 Å². The smallest absolute Gasteiger partial charge is 0.339 e. The maximum absolute atomic E-state index is 13.0. The lowest BCUT2D eigenvalue weighted by molar-refractivity contribution is 0.0602. The summed E-state index contributed by atoms with van der Waals surface area (Å²) in [6.07, 6.45) is 6.24. The number of nitrogens with zero attached hydrogens (tertiary/aromatic N) is 1. The molecule has 0 heterocycles. The van der Waals surface area contributed by atoms with Crippen LogP contribution < -0.4 is 10.0 Å². The number of guanidine groups is 1. The second kappa shape index (κ2) is 10.4. The van der Waals surface area contributed by atoms with Crippen LogP contribution in [0.15, 0.2) is 58.4 Å². The number of esters is 1. The summed E-state index contributed by atoms with van der Waals surface area (Å²) in [6, 6.07) is 13.4. The van der Waals surface area contributed by atoms with Gasteiger partial charge in [-0.1, -0.05) is 55.5 Å². The fraction of sp³-hybridized carbons (Fsp3) is 0.391. The summed E-state index contributed by atoms with van der Waals surface area (Å²) in [4.78, 5) is 17.0. The third kappa shape index (κ3) is 6.30. The summed E-state index contributed by atoms with van der Waals surface area (Å²) in [5, 5.41) is 3.03. The molecule has 0 radical (unpaired) electrons. The van der Waals surface area contributed by atoms with Gasteiger partial charge in [-0.05, 0) is 44.0 Å². The normalized spacial score (nSPS) is 15.7. The Hall–Kier alpha value is -2.87. The van der Waals surface area contributed by atoms with E-state index in [1.54, 1.807) is 48.5 Å². The van der Waals surface area contributed by atoms with E-state index in [4.69, 9.17) is 9.73 Å². The van der Waals surface area contributed by atoms with Crippen molar-refractivity contribution in [2.75, 3.05) is 12.4 Å². The minimum Gasteiger partial charge on any atom is -0.465 e. The molecule has 0 spiro atoms. The Morgan fingerprint density at radius 1 is 1.00 bits per heavy atom. The minimum atomic E-state index is -3.85. The van der Waals surface area contributed by atoms with Gasteiger partial charge in [0.25, 0.3) is 10.0 Å². The summed E-state index contributed by atoms with van der Waals surface area (Å²) in [5.74, 6) is -0.415. The first kappa shape index (κ1) is 22.8. The Bertz CT molecular complexity index is 1030. The number of rotatable bonds is 5. The average Bonchev–Trinajstić information content (AvgIpc) is 3.02. The lowest BCUT2D eigenvalue weighted by atomic mass is 10.1. The molecule has 8 heteroatoms. The van der Waals surface area contributed by atoms with Gasteiger partial charge < -0.3 is 10.1 Å². The molecule has 0 bridgehead atoms. The number of methoxy groups -OCH3 is 1. The number of hydrogen-bond donors (Lipinski definition) is 2. The molecule has 31 heavy (non-hydrogen) atoms. The molecule has 166 valence electrons. The Morgan fingerprint density at radius 3 is 2.29 bits per heavy atom. The van der Waals surface area contributed by atoms with E-state index >= 15 is 0 Å². The number of hydrogen-bond acceptors (Lipinski definition) is 5. The molecule has 3 rings (SSSR count). The Balaban J connectivity index is 1.93.